The van der Waals surface area contributed by atoms with E-state index in [1.807, 2.05) is 6.07 Å². The van der Waals surface area contributed by atoms with Gasteiger partial charge in [0.05, 0.1) is 0 Å². The molecule has 1 aromatic rings. The number of hydrogen-bond acceptors (Lipinski definition) is 2. The first-order chi connectivity index (χ1) is 10.1. The van der Waals surface area contributed by atoms with Gasteiger partial charge in [0.1, 0.15) is 0 Å². The van der Waals surface area contributed by atoms with Crippen LogP contribution in [-0.4, -0.2) is 34.6 Å². The van der Waals surface area contributed by atoms with E-state index in [-0.39, 0.29) is 12.1 Å². The monoisotopic (exact) mass is 290 g/mol. The SMILES string of the molecule is CCCCN(C(=O)N[C@@H](C(=O)O)c1ccccc1)C1CC1. The van der Waals surface area contributed by atoms with E-state index in [9.17, 15) is 14.7 Å². The molecule has 0 bridgehead atoms. The average Bonchev–Trinajstić information content (AvgIpc) is 3.30. The van der Waals surface area contributed by atoms with E-state index in [0.29, 0.717) is 12.1 Å². The molecule has 0 aromatic heterocycles. The topological polar surface area (TPSA) is 69.6 Å². The first kappa shape index (κ1) is 15.4. The third kappa shape index (κ3) is 4.21. The summed E-state index contributed by atoms with van der Waals surface area (Å²) in [5.74, 6) is -1.04. The molecule has 1 aliphatic carbocycles. The Hall–Kier alpha value is -2.04. The second-order valence-electron chi connectivity index (χ2n) is 5.41. The summed E-state index contributed by atoms with van der Waals surface area (Å²) in [5.41, 5.74) is 0.588. The van der Waals surface area contributed by atoms with Crippen LogP contribution in [0.2, 0.25) is 0 Å². The molecule has 1 aliphatic rings. The third-order valence-electron chi connectivity index (χ3n) is 3.65. The molecule has 1 fully saturated rings. The predicted molar refractivity (Wildman–Crippen MR) is 80.0 cm³/mol. The highest BCUT2D eigenvalue weighted by Crippen LogP contribution is 2.27. The van der Waals surface area contributed by atoms with Crippen LogP contribution in [0.15, 0.2) is 30.3 Å². The Labute approximate surface area is 125 Å². The fraction of sp³-hybridized carbons (Fsp3) is 0.500. The van der Waals surface area contributed by atoms with Crippen LogP contribution < -0.4 is 5.32 Å². The van der Waals surface area contributed by atoms with Gasteiger partial charge in [0.15, 0.2) is 6.04 Å². The Morgan fingerprint density at radius 1 is 1.33 bits per heavy atom. The van der Waals surface area contributed by atoms with Gasteiger partial charge in [-0.05, 0) is 24.8 Å². The Morgan fingerprint density at radius 2 is 2.00 bits per heavy atom. The number of carboxylic acids is 1. The van der Waals surface area contributed by atoms with Crippen LogP contribution in [0.3, 0.4) is 0 Å². The summed E-state index contributed by atoms with van der Waals surface area (Å²) in [4.78, 5) is 25.6. The fourth-order valence-corrected chi connectivity index (χ4v) is 2.30. The van der Waals surface area contributed by atoms with Crippen LogP contribution >= 0.6 is 0 Å². The minimum absolute atomic E-state index is 0.276. The van der Waals surface area contributed by atoms with Gasteiger partial charge in [-0.25, -0.2) is 9.59 Å². The number of unbranched alkanes of at least 4 members (excludes halogenated alkanes) is 1. The quantitative estimate of drug-likeness (QED) is 0.811. The van der Waals surface area contributed by atoms with E-state index in [4.69, 9.17) is 0 Å². The van der Waals surface area contributed by atoms with E-state index in [0.717, 1.165) is 25.7 Å². The highest BCUT2D eigenvalue weighted by atomic mass is 16.4. The number of nitrogens with one attached hydrogen (secondary N) is 1. The zero-order chi connectivity index (χ0) is 15.2. The molecule has 0 heterocycles. The standard InChI is InChI=1S/C16H22N2O3/c1-2-3-11-18(13-9-10-13)16(21)17-14(15(19)20)12-7-5-4-6-8-12/h4-8,13-14H,2-3,9-11H2,1H3,(H,17,21)(H,19,20)/t14-/m1/s1. The lowest BCUT2D eigenvalue weighted by Gasteiger charge is -2.25. The molecular formula is C16H22N2O3. The van der Waals surface area contributed by atoms with Crippen molar-refractivity contribution in [2.45, 2.75) is 44.7 Å². The van der Waals surface area contributed by atoms with Crippen LogP contribution in [0, 0.1) is 0 Å². The summed E-state index contributed by atoms with van der Waals surface area (Å²) in [6.07, 6.45) is 3.98. The van der Waals surface area contributed by atoms with Gasteiger partial charge < -0.3 is 15.3 Å². The molecule has 1 atom stereocenters. The highest BCUT2D eigenvalue weighted by molar-refractivity contribution is 5.84. The van der Waals surface area contributed by atoms with E-state index in [1.54, 1.807) is 29.2 Å². The minimum Gasteiger partial charge on any atom is -0.479 e. The number of urea groups is 1. The fourth-order valence-electron chi connectivity index (χ4n) is 2.30. The van der Waals surface area contributed by atoms with Gasteiger partial charge in [-0.2, -0.15) is 0 Å². The molecule has 5 nitrogen and oxygen atoms in total. The largest absolute Gasteiger partial charge is 0.479 e. The van der Waals surface area contributed by atoms with E-state index in [2.05, 4.69) is 12.2 Å². The van der Waals surface area contributed by atoms with Crippen molar-refractivity contribution in [1.82, 2.24) is 10.2 Å². The molecule has 5 heteroatoms. The second-order valence-corrected chi connectivity index (χ2v) is 5.41. The first-order valence-electron chi connectivity index (χ1n) is 7.48. The Kier molecular flexibility index (Phi) is 5.20. The molecule has 21 heavy (non-hydrogen) atoms. The molecule has 2 rings (SSSR count). The maximum atomic E-state index is 12.4. The van der Waals surface area contributed by atoms with Crippen molar-refractivity contribution < 1.29 is 14.7 Å². The van der Waals surface area contributed by atoms with Crippen LogP contribution in [-0.2, 0) is 4.79 Å². The van der Waals surface area contributed by atoms with Crippen molar-refractivity contribution in [3.8, 4) is 0 Å². The molecule has 2 amide bonds. The molecule has 0 radical (unpaired) electrons. The summed E-state index contributed by atoms with van der Waals surface area (Å²) in [6.45, 7) is 2.77. The zero-order valence-electron chi connectivity index (χ0n) is 12.3. The molecule has 114 valence electrons. The van der Waals surface area contributed by atoms with Crippen molar-refractivity contribution in [3.63, 3.8) is 0 Å². The van der Waals surface area contributed by atoms with Crippen LogP contribution in [0.1, 0.15) is 44.2 Å². The van der Waals surface area contributed by atoms with E-state index >= 15 is 0 Å². The summed E-state index contributed by atoms with van der Waals surface area (Å²) in [7, 11) is 0. The van der Waals surface area contributed by atoms with Gasteiger partial charge >= 0.3 is 12.0 Å². The minimum atomic E-state index is -1.04. The number of carboxylic acid groups (broad SMARTS) is 1. The number of rotatable bonds is 7. The maximum absolute atomic E-state index is 12.4. The Balaban J connectivity index is 2.05. The maximum Gasteiger partial charge on any atom is 0.330 e. The molecular weight excluding hydrogens is 268 g/mol. The van der Waals surface area contributed by atoms with Gasteiger partial charge in [-0.3, -0.25) is 0 Å². The van der Waals surface area contributed by atoms with Crippen molar-refractivity contribution >= 4 is 12.0 Å². The number of hydrogen-bond donors (Lipinski definition) is 2. The van der Waals surface area contributed by atoms with Crippen LogP contribution in [0.4, 0.5) is 4.79 Å². The molecule has 2 N–H and O–H groups in total. The van der Waals surface area contributed by atoms with Crippen LogP contribution in [0.5, 0.6) is 0 Å². The summed E-state index contributed by atoms with van der Waals surface area (Å²) in [6, 6.07) is 7.80. The van der Waals surface area contributed by atoms with E-state index < -0.39 is 12.0 Å². The zero-order valence-corrected chi connectivity index (χ0v) is 12.3. The molecule has 0 spiro atoms. The molecule has 1 aromatic carbocycles. The third-order valence-corrected chi connectivity index (χ3v) is 3.65. The summed E-state index contributed by atoms with van der Waals surface area (Å²) in [5, 5.41) is 12.0. The number of carbonyl (C=O) groups is 2. The van der Waals surface area contributed by atoms with Gasteiger partial charge in [-0.15, -0.1) is 0 Å². The lowest BCUT2D eigenvalue weighted by molar-refractivity contribution is -0.139. The normalized spacial score (nSPS) is 15.3. The summed E-state index contributed by atoms with van der Waals surface area (Å²) >= 11 is 0. The number of carbonyl (C=O) groups excluding carboxylic acids is 1. The van der Waals surface area contributed by atoms with Crippen molar-refractivity contribution in [1.29, 1.82) is 0 Å². The lowest BCUT2D eigenvalue weighted by atomic mass is 10.1. The summed E-state index contributed by atoms with van der Waals surface area (Å²) < 4.78 is 0. The van der Waals surface area contributed by atoms with E-state index in [1.165, 1.54) is 0 Å². The predicted octanol–water partition coefficient (Wildman–Crippen LogP) is 2.79. The average molecular weight is 290 g/mol. The second kappa shape index (κ2) is 7.11. The molecule has 0 aliphatic heterocycles. The molecule has 1 saturated carbocycles. The Bertz CT molecular complexity index is 486. The number of benzene rings is 1. The number of amides is 2. The smallest absolute Gasteiger partial charge is 0.330 e. The van der Waals surface area contributed by atoms with Crippen molar-refractivity contribution in [2.75, 3.05) is 6.54 Å². The highest BCUT2D eigenvalue weighted by Gasteiger charge is 2.34. The lowest BCUT2D eigenvalue weighted by Crippen LogP contribution is -2.45. The van der Waals surface area contributed by atoms with Crippen LogP contribution in [0.25, 0.3) is 0 Å². The van der Waals surface area contributed by atoms with Gasteiger partial charge in [0.25, 0.3) is 0 Å². The first-order valence-corrected chi connectivity index (χ1v) is 7.48. The van der Waals surface area contributed by atoms with Gasteiger partial charge in [-0.1, -0.05) is 43.7 Å². The van der Waals surface area contributed by atoms with Gasteiger partial charge in [0.2, 0.25) is 0 Å². The molecule has 0 saturated heterocycles. The number of nitrogens with zero attached hydrogens (tertiary/aromatic N) is 1. The van der Waals surface area contributed by atoms with Crippen molar-refractivity contribution in [3.05, 3.63) is 35.9 Å². The molecule has 0 unspecified atom stereocenters. The Morgan fingerprint density at radius 3 is 2.52 bits per heavy atom. The van der Waals surface area contributed by atoms with Gasteiger partial charge in [0, 0.05) is 12.6 Å². The number of aliphatic carboxylic acids is 1. The van der Waals surface area contributed by atoms with Crippen molar-refractivity contribution in [2.24, 2.45) is 0 Å².